The minimum Gasteiger partial charge on any atom is -0.390 e. The van der Waals surface area contributed by atoms with Crippen LogP contribution in [0.2, 0.25) is 0 Å². The van der Waals surface area contributed by atoms with Gasteiger partial charge in [0.05, 0.1) is 12.1 Å². The first-order chi connectivity index (χ1) is 12.6. The van der Waals surface area contributed by atoms with Gasteiger partial charge in [0.1, 0.15) is 6.33 Å². The molecule has 0 bridgehead atoms. The number of fused-ring (bicyclic) bond motifs is 1. The fraction of sp³-hybridized carbons (Fsp3) is 0.211. The Kier molecular flexibility index (Phi) is 4.14. The van der Waals surface area contributed by atoms with Crippen LogP contribution in [0.15, 0.2) is 54.9 Å². The number of benzene rings is 2. The van der Waals surface area contributed by atoms with Crippen molar-refractivity contribution in [2.75, 3.05) is 5.32 Å². The number of aromatic nitrogens is 3. The van der Waals surface area contributed by atoms with Gasteiger partial charge in [0, 0.05) is 24.7 Å². The van der Waals surface area contributed by atoms with Crippen LogP contribution in [0.25, 0.3) is 11.4 Å². The summed E-state index contributed by atoms with van der Waals surface area (Å²) in [6, 6.07) is 14.3. The van der Waals surface area contributed by atoms with Gasteiger partial charge in [-0.2, -0.15) is 5.10 Å². The lowest BCUT2D eigenvalue weighted by Gasteiger charge is -2.18. The third kappa shape index (κ3) is 3.16. The van der Waals surface area contributed by atoms with E-state index < -0.39 is 12.1 Å². The average molecular weight is 349 g/mol. The molecule has 0 radical (unpaired) electrons. The van der Waals surface area contributed by atoms with E-state index in [4.69, 9.17) is 0 Å². The SMILES string of the molecule is Cn1cnc(-c2cccc(NC(=O)N[C@H]3c4ccccc4C[C@H]3O)c2)n1. The van der Waals surface area contributed by atoms with Crippen molar-refractivity contribution in [1.82, 2.24) is 20.1 Å². The van der Waals surface area contributed by atoms with Crippen molar-refractivity contribution in [2.45, 2.75) is 18.6 Å². The second-order valence-corrected chi connectivity index (χ2v) is 6.37. The van der Waals surface area contributed by atoms with E-state index in [1.807, 2.05) is 42.5 Å². The van der Waals surface area contributed by atoms with Crippen molar-refractivity contribution in [1.29, 1.82) is 0 Å². The van der Waals surface area contributed by atoms with E-state index in [0.717, 1.165) is 16.7 Å². The quantitative estimate of drug-likeness (QED) is 0.676. The molecule has 1 aromatic heterocycles. The molecule has 2 aromatic carbocycles. The van der Waals surface area contributed by atoms with Crippen LogP contribution in [0.3, 0.4) is 0 Å². The zero-order chi connectivity index (χ0) is 18.1. The second kappa shape index (κ2) is 6.61. The molecule has 0 unspecified atom stereocenters. The molecular formula is C19H19N5O2. The van der Waals surface area contributed by atoms with Crippen molar-refractivity contribution in [2.24, 2.45) is 7.05 Å². The number of nitrogens with zero attached hydrogens (tertiary/aromatic N) is 3. The molecule has 0 spiro atoms. The Hall–Kier alpha value is -3.19. The van der Waals surface area contributed by atoms with E-state index in [9.17, 15) is 9.90 Å². The number of carbonyl (C=O) groups excluding carboxylic acids is 1. The molecule has 7 heteroatoms. The summed E-state index contributed by atoms with van der Waals surface area (Å²) in [4.78, 5) is 16.6. The topological polar surface area (TPSA) is 92.1 Å². The fourth-order valence-corrected chi connectivity index (χ4v) is 3.26. The molecule has 1 aliphatic rings. The number of amides is 2. The number of nitrogens with one attached hydrogen (secondary N) is 2. The van der Waals surface area contributed by atoms with E-state index in [0.29, 0.717) is 17.9 Å². The smallest absolute Gasteiger partial charge is 0.319 e. The maximum atomic E-state index is 12.4. The number of anilines is 1. The highest BCUT2D eigenvalue weighted by Gasteiger charge is 2.31. The summed E-state index contributed by atoms with van der Waals surface area (Å²) in [5.74, 6) is 0.594. The van der Waals surface area contributed by atoms with Crippen LogP contribution in [0.1, 0.15) is 17.2 Å². The monoisotopic (exact) mass is 349 g/mol. The van der Waals surface area contributed by atoms with Crippen molar-refractivity contribution in [3.8, 4) is 11.4 Å². The molecule has 0 fully saturated rings. The molecule has 1 heterocycles. The largest absolute Gasteiger partial charge is 0.390 e. The normalized spacial score (nSPS) is 18.4. The highest BCUT2D eigenvalue weighted by molar-refractivity contribution is 5.90. The number of aliphatic hydroxyl groups is 1. The van der Waals surface area contributed by atoms with Crippen LogP contribution < -0.4 is 10.6 Å². The Balaban J connectivity index is 1.47. The first-order valence-electron chi connectivity index (χ1n) is 8.39. The summed E-state index contributed by atoms with van der Waals surface area (Å²) in [6.07, 6.45) is 1.55. The standard InChI is InChI=1S/C19H19N5O2/c1-24-11-20-18(23-24)13-6-4-7-14(9-13)21-19(26)22-17-15-8-3-2-5-12(15)10-16(17)25/h2-9,11,16-17,25H,10H2,1H3,(H2,21,22,26)/t16-,17+/m1/s1. The molecule has 0 saturated heterocycles. The lowest BCUT2D eigenvalue weighted by molar-refractivity contribution is 0.144. The molecule has 1 aliphatic carbocycles. The van der Waals surface area contributed by atoms with Crippen LogP contribution in [0.4, 0.5) is 10.5 Å². The van der Waals surface area contributed by atoms with Gasteiger partial charge in [-0.25, -0.2) is 9.78 Å². The molecule has 3 N–H and O–H groups in total. The van der Waals surface area contributed by atoms with Gasteiger partial charge >= 0.3 is 6.03 Å². The van der Waals surface area contributed by atoms with Crippen molar-refractivity contribution < 1.29 is 9.90 Å². The number of hydrogen-bond donors (Lipinski definition) is 3. The van der Waals surface area contributed by atoms with Gasteiger partial charge in [0.25, 0.3) is 0 Å². The molecule has 2 atom stereocenters. The van der Waals surface area contributed by atoms with Crippen LogP contribution >= 0.6 is 0 Å². The number of aryl methyl sites for hydroxylation is 1. The lowest BCUT2D eigenvalue weighted by Crippen LogP contribution is -2.36. The summed E-state index contributed by atoms with van der Waals surface area (Å²) in [7, 11) is 1.80. The third-order valence-electron chi connectivity index (χ3n) is 4.47. The van der Waals surface area contributed by atoms with Gasteiger partial charge < -0.3 is 15.7 Å². The molecule has 4 rings (SSSR count). The molecule has 26 heavy (non-hydrogen) atoms. The molecule has 0 saturated carbocycles. The minimum absolute atomic E-state index is 0.364. The maximum Gasteiger partial charge on any atom is 0.319 e. The van der Waals surface area contributed by atoms with Crippen LogP contribution in [-0.2, 0) is 13.5 Å². The van der Waals surface area contributed by atoms with Gasteiger partial charge in [0.2, 0.25) is 0 Å². The third-order valence-corrected chi connectivity index (χ3v) is 4.47. The van der Waals surface area contributed by atoms with E-state index in [1.165, 1.54) is 0 Å². The number of carbonyl (C=O) groups is 1. The van der Waals surface area contributed by atoms with E-state index in [2.05, 4.69) is 20.7 Å². The lowest BCUT2D eigenvalue weighted by atomic mass is 10.1. The molecule has 7 nitrogen and oxygen atoms in total. The summed E-state index contributed by atoms with van der Waals surface area (Å²) in [5.41, 5.74) is 3.47. The van der Waals surface area contributed by atoms with Crippen LogP contribution in [0.5, 0.6) is 0 Å². The Morgan fingerprint density at radius 2 is 2.08 bits per heavy atom. The predicted octanol–water partition coefficient (Wildman–Crippen LogP) is 2.26. The van der Waals surface area contributed by atoms with Gasteiger partial charge in [-0.15, -0.1) is 0 Å². The highest BCUT2D eigenvalue weighted by Crippen LogP contribution is 2.31. The van der Waals surface area contributed by atoms with Gasteiger partial charge in [0.15, 0.2) is 5.82 Å². The first-order valence-corrected chi connectivity index (χ1v) is 8.39. The van der Waals surface area contributed by atoms with Crippen molar-refractivity contribution >= 4 is 11.7 Å². The number of urea groups is 1. The highest BCUT2D eigenvalue weighted by atomic mass is 16.3. The summed E-state index contributed by atoms with van der Waals surface area (Å²) in [5, 5.41) is 20.2. The summed E-state index contributed by atoms with van der Waals surface area (Å²) >= 11 is 0. The Morgan fingerprint density at radius 3 is 2.88 bits per heavy atom. The summed E-state index contributed by atoms with van der Waals surface area (Å²) < 4.78 is 1.63. The Bertz CT molecular complexity index is 952. The van der Waals surface area contributed by atoms with E-state index >= 15 is 0 Å². The zero-order valence-electron chi connectivity index (χ0n) is 14.3. The van der Waals surface area contributed by atoms with Crippen molar-refractivity contribution in [3.05, 3.63) is 66.0 Å². The predicted molar refractivity (Wildman–Crippen MR) is 97.5 cm³/mol. The van der Waals surface area contributed by atoms with E-state index in [1.54, 1.807) is 24.1 Å². The zero-order valence-corrected chi connectivity index (χ0v) is 14.3. The van der Waals surface area contributed by atoms with Crippen LogP contribution in [0, 0.1) is 0 Å². The van der Waals surface area contributed by atoms with Gasteiger partial charge in [-0.05, 0) is 23.3 Å². The average Bonchev–Trinajstić information content (AvgIpc) is 3.19. The van der Waals surface area contributed by atoms with Gasteiger partial charge in [-0.3, -0.25) is 4.68 Å². The Morgan fingerprint density at radius 1 is 1.23 bits per heavy atom. The van der Waals surface area contributed by atoms with Gasteiger partial charge in [-0.1, -0.05) is 36.4 Å². The fourth-order valence-electron chi connectivity index (χ4n) is 3.26. The minimum atomic E-state index is -0.623. The summed E-state index contributed by atoms with van der Waals surface area (Å²) in [6.45, 7) is 0. The van der Waals surface area contributed by atoms with Crippen LogP contribution in [-0.4, -0.2) is 32.0 Å². The van der Waals surface area contributed by atoms with Crippen molar-refractivity contribution in [3.63, 3.8) is 0 Å². The molecule has 132 valence electrons. The molecule has 3 aromatic rings. The number of rotatable bonds is 3. The van der Waals surface area contributed by atoms with E-state index in [-0.39, 0.29) is 6.03 Å². The maximum absolute atomic E-state index is 12.4. The molecular weight excluding hydrogens is 330 g/mol. The second-order valence-electron chi connectivity index (χ2n) is 6.37. The Labute approximate surface area is 150 Å². The first kappa shape index (κ1) is 16.3. The number of hydrogen-bond acceptors (Lipinski definition) is 4. The molecule has 2 amide bonds. The molecule has 0 aliphatic heterocycles. The number of aliphatic hydroxyl groups excluding tert-OH is 1.